The summed E-state index contributed by atoms with van der Waals surface area (Å²) >= 11 is 6.23. The molecule has 0 saturated carbocycles. The molecular formula is C21H26ClN3O3S. The van der Waals surface area contributed by atoms with Gasteiger partial charge in [0.15, 0.2) is 0 Å². The van der Waals surface area contributed by atoms with Gasteiger partial charge in [0.2, 0.25) is 15.9 Å². The third-order valence-electron chi connectivity index (χ3n) is 4.99. The zero-order valence-corrected chi connectivity index (χ0v) is 17.8. The van der Waals surface area contributed by atoms with Gasteiger partial charge in [0.1, 0.15) is 0 Å². The minimum absolute atomic E-state index is 0.0871. The Morgan fingerprint density at radius 1 is 0.966 bits per heavy atom. The number of hydrogen-bond donors (Lipinski definition) is 1. The highest BCUT2D eigenvalue weighted by molar-refractivity contribution is 7.89. The number of benzene rings is 2. The summed E-state index contributed by atoms with van der Waals surface area (Å²) in [6.45, 7) is 2.13. The summed E-state index contributed by atoms with van der Waals surface area (Å²) in [5.74, 6) is -0.219. The molecule has 1 fully saturated rings. The third kappa shape index (κ3) is 6.19. The van der Waals surface area contributed by atoms with Crippen molar-refractivity contribution < 1.29 is 13.2 Å². The van der Waals surface area contributed by atoms with Crippen molar-refractivity contribution in [3.8, 4) is 0 Å². The Morgan fingerprint density at radius 2 is 1.62 bits per heavy atom. The molecule has 0 bridgehead atoms. The highest BCUT2D eigenvalue weighted by Crippen LogP contribution is 2.26. The van der Waals surface area contributed by atoms with Crippen molar-refractivity contribution in [2.75, 3.05) is 43.4 Å². The topological polar surface area (TPSA) is 69.7 Å². The molecule has 0 aliphatic carbocycles. The van der Waals surface area contributed by atoms with Crippen LogP contribution in [-0.2, 0) is 21.2 Å². The van der Waals surface area contributed by atoms with Crippen LogP contribution in [0.5, 0.6) is 0 Å². The van der Waals surface area contributed by atoms with E-state index >= 15 is 0 Å². The molecule has 0 spiro atoms. The quantitative estimate of drug-likeness (QED) is 0.691. The van der Waals surface area contributed by atoms with Gasteiger partial charge in [-0.1, -0.05) is 54.1 Å². The van der Waals surface area contributed by atoms with E-state index in [9.17, 15) is 13.2 Å². The van der Waals surface area contributed by atoms with E-state index in [0.717, 1.165) is 11.3 Å². The molecule has 3 rings (SSSR count). The number of anilines is 1. The number of aryl methyl sites for hydroxylation is 1. The van der Waals surface area contributed by atoms with Gasteiger partial charge in [0.25, 0.3) is 0 Å². The predicted molar refractivity (Wildman–Crippen MR) is 117 cm³/mol. The highest BCUT2D eigenvalue weighted by atomic mass is 35.5. The average molecular weight is 436 g/mol. The van der Waals surface area contributed by atoms with Crippen molar-refractivity contribution in [1.82, 2.24) is 9.62 Å². The molecule has 8 heteroatoms. The van der Waals surface area contributed by atoms with Crippen molar-refractivity contribution in [2.45, 2.75) is 12.8 Å². The number of rotatable bonds is 8. The van der Waals surface area contributed by atoms with Gasteiger partial charge in [-0.25, -0.2) is 8.42 Å². The van der Waals surface area contributed by atoms with Crippen LogP contribution < -0.4 is 10.2 Å². The number of carbonyl (C=O) groups excluding carboxylic acids is 1. The van der Waals surface area contributed by atoms with E-state index in [1.807, 2.05) is 54.6 Å². The molecule has 1 heterocycles. The van der Waals surface area contributed by atoms with Gasteiger partial charge in [0.05, 0.1) is 16.5 Å². The summed E-state index contributed by atoms with van der Waals surface area (Å²) in [6.07, 6.45) is 0.990. The first-order valence-electron chi connectivity index (χ1n) is 9.73. The SMILES string of the molecule is O=C(CCc1ccccc1)NCCS(=O)(=O)N1CCN(c2ccccc2Cl)CC1. The van der Waals surface area contributed by atoms with Crippen LogP contribution in [0.1, 0.15) is 12.0 Å². The molecule has 156 valence electrons. The second-order valence-electron chi connectivity index (χ2n) is 6.99. The van der Waals surface area contributed by atoms with Gasteiger partial charge >= 0.3 is 0 Å². The summed E-state index contributed by atoms with van der Waals surface area (Å²) < 4.78 is 26.7. The molecule has 0 radical (unpaired) electrons. The van der Waals surface area contributed by atoms with Gasteiger partial charge in [-0.2, -0.15) is 4.31 Å². The Bertz CT molecular complexity index is 914. The van der Waals surface area contributed by atoms with Crippen LogP contribution in [0.25, 0.3) is 0 Å². The first-order valence-corrected chi connectivity index (χ1v) is 11.7. The van der Waals surface area contributed by atoms with Crippen molar-refractivity contribution >= 4 is 33.2 Å². The molecule has 1 aliphatic heterocycles. The van der Waals surface area contributed by atoms with E-state index in [0.29, 0.717) is 44.0 Å². The standard InChI is InChI=1S/C21H26ClN3O3S/c22-19-8-4-5-9-20(19)24-13-15-25(16-14-24)29(27,28)17-12-23-21(26)11-10-18-6-2-1-3-7-18/h1-9H,10-17H2,(H,23,26). The largest absolute Gasteiger partial charge is 0.368 e. The fourth-order valence-corrected chi connectivity index (χ4v) is 4.95. The fraction of sp³-hybridized carbons (Fsp3) is 0.381. The van der Waals surface area contributed by atoms with Crippen LogP contribution in [-0.4, -0.2) is 57.1 Å². The van der Waals surface area contributed by atoms with E-state index in [1.54, 1.807) is 0 Å². The second kappa shape index (κ2) is 10.1. The number of sulfonamides is 1. The molecule has 1 N–H and O–H groups in total. The lowest BCUT2D eigenvalue weighted by Crippen LogP contribution is -2.50. The summed E-state index contributed by atoms with van der Waals surface area (Å²) in [5.41, 5.74) is 2.02. The van der Waals surface area contributed by atoms with E-state index in [2.05, 4.69) is 10.2 Å². The number of piperazine rings is 1. The molecule has 0 unspecified atom stereocenters. The maximum Gasteiger partial charge on any atom is 0.220 e. The number of para-hydroxylation sites is 1. The van der Waals surface area contributed by atoms with Gasteiger partial charge in [-0.3, -0.25) is 4.79 Å². The molecule has 29 heavy (non-hydrogen) atoms. The normalized spacial score (nSPS) is 15.3. The predicted octanol–water partition coefficient (Wildman–Crippen LogP) is 2.54. The summed E-state index contributed by atoms with van der Waals surface area (Å²) in [6, 6.07) is 17.3. The summed E-state index contributed by atoms with van der Waals surface area (Å²) in [7, 11) is -3.40. The zero-order valence-electron chi connectivity index (χ0n) is 16.3. The first-order chi connectivity index (χ1) is 14.0. The number of nitrogens with one attached hydrogen (secondary N) is 1. The number of nitrogens with zero attached hydrogens (tertiary/aromatic N) is 2. The van der Waals surface area contributed by atoms with Crippen LogP contribution in [0.3, 0.4) is 0 Å². The van der Waals surface area contributed by atoms with Gasteiger partial charge in [-0.15, -0.1) is 0 Å². The lowest BCUT2D eigenvalue weighted by atomic mass is 10.1. The Morgan fingerprint density at radius 3 is 2.31 bits per heavy atom. The number of hydrogen-bond acceptors (Lipinski definition) is 4. The van der Waals surface area contributed by atoms with Crippen LogP contribution in [0, 0.1) is 0 Å². The Hall–Kier alpha value is -2.09. The summed E-state index contributed by atoms with van der Waals surface area (Å²) in [5, 5.41) is 3.39. The fourth-order valence-electron chi connectivity index (χ4n) is 3.35. The lowest BCUT2D eigenvalue weighted by molar-refractivity contribution is -0.120. The van der Waals surface area contributed by atoms with Gasteiger partial charge < -0.3 is 10.2 Å². The smallest absolute Gasteiger partial charge is 0.220 e. The minimum atomic E-state index is -3.40. The van der Waals surface area contributed by atoms with Crippen LogP contribution in [0.2, 0.25) is 5.02 Å². The highest BCUT2D eigenvalue weighted by Gasteiger charge is 2.27. The Balaban J connectivity index is 1.41. The molecule has 2 aromatic carbocycles. The molecule has 0 atom stereocenters. The Kier molecular flexibility index (Phi) is 7.52. The zero-order chi connectivity index (χ0) is 20.7. The molecule has 1 amide bonds. The number of carbonyl (C=O) groups is 1. The molecule has 0 aromatic heterocycles. The minimum Gasteiger partial charge on any atom is -0.368 e. The van der Waals surface area contributed by atoms with E-state index in [4.69, 9.17) is 11.6 Å². The Labute approximate surface area is 177 Å². The van der Waals surface area contributed by atoms with Crippen molar-refractivity contribution in [1.29, 1.82) is 0 Å². The van der Waals surface area contributed by atoms with E-state index < -0.39 is 10.0 Å². The molecule has 1 aliphatic rings. The number of halogens is 1. The van der Waals surface area contributed by atoms with Crippen molar-refractivity contribution in [2.24, 2.45) is 0 Å². The third-order valence-corrected chi connectivity index (χ3v) is 7.18. The monoisotopic (exact) mass is 435 g/mol. The number of amides is 1. The summed E-state index contributed by atoms with van der Waals surface area (Å²) in [4.78, 5) is 14.1. The van der Waals surface area contributed by atoms with Gasteiger partial charge in [0, 0.05) is 39.1 Å². The average Bonchev–Trinajstić information content (AvgIpc) is 2.73. The lowest BCUT2D eigenvalue weighted by Gasteiger charge is -2.35. The molecule has 6 nitrogen and oxygen atoms in total. The van der Waals surface area contributed by atoms with E-state index in [-0.39, 0.29) is 18.2 Å². The van der Waals surface area contributed by atoms with Gasteiger partial charge in [-0.05, 0) is 24.1 Å². The van der Waals surface area contributed by atoms with E-state index in [1.165, 1.54) is 4.31 Å². The molecular weight excluding hydrogens is 410 g/mol. The van der Waals surface area contributed by atoms with Crippen molar-refractivity contribution in [3.05, 3.63) is 65.2 Å². The van der Waals surface area contributed by atoms with Crippen LogP contribution >= 0.6 is 11.6 Å². The maximum absolute atomic E-state index is 12.6. The molecule has 1 saturated heterocycles. The first kappa shape index (κ1) is 21.6. The van der Waals surface area contributed by atoms with Crippen LogP contribution in [0.15, 0.2) is 54.6 Å². The van der Waals surface area contributed by atoms with Crippen LogP contribution in [0.4, 0.5) is 5.69 Å². The molecule has 2 aromatic rings. The maximum atomic E-state index is 12.6. The second-order valence-corrected chi connectivity index (χ2v) is 9.48. The van der Waals surface area contributed by atoms with Crippen molar-refractivity contribution in [3.63, 3.8) is 0 Å².